The molecule has 1 saturated carbocycles. The Bertz CT molecular complexity index is 312. The van der Waals surface area contributed by atoms with Crippen LogP contribution in [0.5, 0.6) is 0 Å². The lowest BCUT2D eigenvalue weighted by Crippen LogP contribution is -2.30. The number of hydrogen-bond donors (Lipinski definition) is 1. The highest BCUT2D eigenvalue weighted by molar-refractivity contribution is 5.15. The standard InChI is InChI=1S/C17H27N/c1-18-17(14-16-11-7-4-8-12-16)13-15-9-5-2-3-6-10-15/h4,7-8,11-12,15,17-18H,2-3,5-6,9-10,13-14H2,1H3. The number of hydrogen-bond acceptors (Lipinski definition) is 1. The van der Waals surface area contributed by atoms with E-state index in [-0.39, 0.29) is 0 Å². The Hall–Kier alpha value is -0.820. The van der Waals surface area contributed by atoms with Crippen LogP contribution in [0.2, 0.25) is 0 Å². The Kier molecular flexibility index (Phi) is 5.73. The van der Waals surface area contributed by atoms with Gasteiger partial charge in [0.15, 0.2) is 0 Å². The van der Waals surface area contributed by atoms with Crippen molar-refractivity contribution in [2.45, 2.75) is 57.4 Å². The van der Waals surface area contributed by atoms with Crippen LogP contribution in [0.1, 0.15) is 50.5 Å². The summed E-state index contributed by atoms with van der Waals surface area (Å²) in [6.45, 7) is 0. The molecule has 0 aromatic heterocycles. The lowest BCUT2D eigenvalue weighted by atomic mass is 9.90. The minimum atomic E-state index is 0.649. The Morgan fingerprint density at radius 2 is 1.72 bits per heavy atom. The predicted molar refractivity (Wildman–Crippen MR) is 78.8 cm³/mol. The lowest BCUT2D eigenvalue weighted by molar-refractivity contribution is 0.361. The Labute approximate surface area is 112 Å². The van der Waals surface area contributed by atoms with E-state index in [1.165, 1.54) is 56.9 Å². The van der Waals surface area contributed by atoms with Crippen LogP contribution in [0.15, 0.2) is 30.3 Å². The molecule has 1 aromatic carbocycles. The Morgan fingerprint density at radius 3 is 2.33 bits per heavy atom. The molecule has 0 heterocycles. The van der Waals surface area contributed by atoms with Gasteiger partial charge in [-0.05, 0) is 31.4 Å². The van der Waals surface area contributed by atoms with Crippen molar-refractivity contribution in [3.63, 3.8) is 0 Å². The van der Waals surface area contributed by atoms with Gasteiger partial charge in [-0.3, -0.25) is 0 Å². The summed E-state index contributed by atoms with van der Waals surface area (Å²) >= 11 is 0. The van der Waals surface area contributed by atoms with Crippen LogP contribution in [0.4, 0.5) is 0 Å². The molecule has 1 heteroatoms. The molecule has 0 bridgehead atoms. The highest BCUT2D eigenvalue weighted by Gasteiger charge is 2.17. The topological polar surface area (TPSA) is 12.0 Å². The average molecular weight is 245 g/mol. The molecule has 1 N–H and O–H groups in total. The summed E-state index contributed by atoms with van der Waals surface area (Å²) in [5, 5.41) is 3.52. The number of likely N-dealkylation sites (N-methyl/N-ethyl adjacent to an activating group) is 1. The molecule has 0 radical (unpaired) electrons. The summed E-state index contributed by atoms with van der Waals surface area (Å²) in [7, 11) is 2.12. The van der Waals surface area contributed by atoms with E-state index < -0.39 is 0 Å². The van der Waals surface area contributed by atoms with Gasteiger partial charge < -0.3 is 5.32 Å². The number of rotatable bonds is 5. The maximum absolute atomic E-state index is 3.52. The van der Waals surface area contributed by atoms with Crippen molar-refractivity contribution in [1.29, 1.82) is 0 Å². The van der Waals surface area contributed by atoms with Crippen molar-refractivity contribution in [3.05, 3.63) is 35.9 Å². The molecule has 1 nitrogen and oxygen atoms in total. The van der Waals surface area contributed by atoms with Gasteiger partial charge in [0.2, 0.25) is 0 Å². The molecule has 0 saturated heterocycles. The van der Waals surface area contributed by atoms with Gasteiger partial charge in [-0.1, -0.05) is 68.9 Å². The highest BCUT2D eigenvalue weighted by atomic mass is 14.9. The van der Waals surface area contributed by atoms with Crippen LogP contribution in [-0.4, -0.2) is 13.1 Å². The molecule has 100 valence electrons. The van der Waals surface area contributed by atoms with E-state index in [4.69, 9.17) is 0 Å². The molecule has 1 aliphatic rings. The van der Waals surface area contributed by atoms with E-state index >= 15 is 0 Å². The zero-order valence-corrected chi connectivity index (χ0v) is 11.7. The fourth-order valence-electron chi connectivity index (χ4n) is 3.20. The summed E-state index contributed by atoms with van der Waals surface area (Å²) in [6.07, 6.45) is 11.2. The molecule has 1 aliphatic carbocycles. The largest absolute Gasteiger partial charge is 0.317 e. The van der Waals surface area contributed by atoms with Gasteiger partial charge in [-0.25, -0.2) is 0 Å². The second-order valence-corrected chi connectivity index (χ2v) is 5.77. The monoisotopic (exact) mass is 245 g/mol. The summed E-state index contributed by atoms with van der Waals surface area (Å²) in [5.41, 5.74) is 1.46. The normalized spacial score (nSPS) is 19.4. The van der Waals surface area contributed by atoms with Crippen LogP contribution >= 0.6 is 0 Å². The summed E-state index contributed by atoms with van der Waals surface area (Å²) in [5.74, 6) is 0.952. The van der Waals surface area contributed by atoms with Crippen molar-refractivity contribution in [1.82, 2.24) is 5.32 Å². The highest BCUT2D eigenvalue weighted by Crippen LogP contribution is 2.27. The van der Waals surface area contributed by atoms with Gasteiger partial charge >= 0.3 is 0 Å². The molecule has 1 aromatic rings. The minimum Gasteiger partial charge on any atom is -0.317 e. The number of nitrogens with one attached hydrogen (secondary N) is 1. The second kappa shape index (κ2) is 7.58. The summed E-state index contributed by atoms with van der Waals surface area (Å²) in [6, 6.07) is 11.5. The van der Waals surface area contributed by atoms with E-state index in [0.29, 0.717) is 6.04 Å². The Balaban J connectivity index is 1.84. The zero-order chi connectivity index (χ0) is 12.6. The van der Waals surface area contributed by atoms with Gasteiger partial charge in [-0.15, -0.1) is 0 Å². The van der Waals surface area contributed by atoms with E-state index in [1.807, 2.05) is 0 Å². The molecule has 0 amide bonds. The van der Waals surface area contributed by atoms with Gasteiger partial charge in [0.05, 0.1) is 0 Å². The Morgan fingerprint density at radius 1 is 1.06 bits per heavy atom. The second-order valence-electron chi connectivity index (χ2n) is 5.77. The molecule has 0 aliphatic heterocycles. The van der Waals surface area contributed by atoms with Crippen LogP contribution < -0.4 is 5.32 Å². The van der Waals surface area contributed by atoms with E-state index in [0.717, 1.165) is 5.92 Å². The van der Waals surface area contributed by atoms with Crippen LogP contribution in [-0.2, 0) is 6.42 Å². The molecule has 18 heavy (non-hydrogen) atoms. The third kappa shape index (κ3) is 4.45. The van der Waals surface area contributed by atoms with Crippen molar-refractivity contribution in [2.24, 2.45) is 5.92 Å². The van der Waals surface area contributed by atoms with Crippen LogP contribution in [0.3, 0.4) is 0 Å². The minimum absolute atomic E-state index is 0.649. The molecular weight excluding hydrogens is 218 g/mol. The molecule has 1 unspecified atom stereocenters. The van der Waals surface area contributed by atoms with Crippen LogP contribution in [0, 0.1) is 5.92 Å². The van der Waals surface area contributed by atoms with Crippen molar-refractivity contribution in [3.8, 4) is 0 Å². The van der Waals surface area contributed by atoms with Crippen molar-refractivity contribution in [2.75, 3.05) is 7.05 Å². The molecule has 2 rings (SSSR count). The van der Waals surface area contributed by atoms with Gasteiger partial charge in [0, 0.05) is 6.04 Å². The summed E-state index contributed by atoms with van der Waals surface area (Å²) in [4.78, 5) is 0. The lowest BCUT2D eigenvalue weighted by Gasteiger charge is -2.22. The SMILES string of the molecule is CNC(Cc1ccccc1)CC1CCCCCC1. The first-order valence-electron chi connectivity index (χ1n) is 7.59. The first-order valence-corrected chi connectivity index (χ1v) is 7.59. The average Bonchev–Trinajstić information content (AvgIpc) is 2.68. The molecule has 1 atom stereocenters. The molecule has 0 spiro atoms. The van der Waals surface area contributed by atoms with E-state index in [1.54, 1.807) is 0 Å². The van der Waals surface area contributed by atoms with E-state index in [2.05, 4.69) is 42.7 Å². The number of benzene rings is 1. The van der Waals surface area contributed by atoms with Gasteiger partial charge in [0.1, 0.15) is 0 Å². The van der Waals surface area contributed by atoms with Crippen molar-refractivity contribution >= 4 is 0 Å². The van der Waals surface area contributed by atoms with Gasteiger partial charge in [0.25, 0.3) is 0 Å². The van der Waals surface area contributed by atoms with Crippen molar-refractivity contribution < 1.29 is 0 Å². The fourth-order valence-corrected chi connectivity index (χ4v) is 3.20. The predicted octanol–water partition coefficient (Wildman–Crippen LogP) is 4.18. The summed E-state index contributed by atoms with van der Waals surface area (Å²) < 4.78 is 0. The smallest absolute Gasteiger partial charge is 0.0107 e. The quantitative estimate of drug-likeness (QED) is 0.767. The molecule has 1 fully saturated rings. The van der Waals surface area contributed by atoms with E-state index in [9.17, 15) is 0 Å². The zero-order valence-electron chi connectivity index (χ0n) is 11.7. The molecular formula is C17H27N. The first kappa shape index (κ1) is 13.6. The maximum atomic E-state index is 3.52. The maximum Gasteiger partial charge on any atom is 0.0107 e. The third-order valence-electron chi connectivity index (χ3n) is 4.33. The van der Waals surface area contributed by atoms with Crippen LogP contribution in [0.25, 0.3) is 0 Å². The first-order chi connectivity index (χ1) is 8.88. The van der Waals surface area contributed by atoms with Gasteiger partial charge in [-0.2, -0.15) is 0 Å². The fraction of sp³-hybridized carbons (Fsp3) is 0.647. The third-order valence-corrected chi connectivity index (χ3v) is 4.33.